The molecule has 80 valence electrons. The van der Waals surface area contributed by atoms with E-state index in [2.05, 4.69) is 46.8 Å². The molecule has 2 heteroatoms. The van der Waals surface area contributed by atoms with Gasteiger partial charge in [0.05, 0.1) is 0 Å². The third-order valence-electron chi connectivity index (χ3n) is 2.15. The maximum absolute atomic E-state index is 4.09. The fourth-order valence-corrected chi connectivity index (χ4v) is 2.40. The first-order valence-electron chi connectivity index (χ1n) is 4.93. The van der Waals surface area contributed by atoms with Crippen LogP contribution in [-0.2, 0) is 0 Å². The SMILES string of the molecule is C=C(Sc1ccc(Br)cc1)c1ccccc1. The molecule has 0 amide bonds. The molecule has 0 radical (unpaired) electrons. The molecule has 0 aromatic heterocycles. The van der Waals surface area contributed by atoms with Gasteiger partial charge in [0.25, 0.3) is 0 Å². The highest BCUT2D eigenvalue weighted by Crippen LogP contribution is 2.32. The van der Waals surface area contributed by atoms with E-state index in [1.165, 1.54) is 10.5 Å². The third kappa shape index (κ3) is 3.00. The number of thioether (sulfide) groups is 1. The Morgan fingerprint density at radius 1 is 0.938 bits per heavy atom. The molecular formula is C14H11BrS. The van der Waals surface area contributed by atoms with Gasteiger partial charge in [-0.2, -0.15) is 0 Å². The Balaban J connectivity index is 2.11. The zero-order chi connectivity index (χ0) is 11.4. The minimum atomic E-state index is 1.07. The van der Waals surface area contributed by atoms with Crippen molar-refractivity contribution in [3.8, 4) is 0 Å². The molecule has 2 aromatic rings. The van der Waals surface area contributed by atoms with E-state index in [0.717, 1.165) is 9.38 Å². The van der Waals surface area contributed by atoms with E-state index in [0.29, 0.717) is 0 Å². The van der Waals surface area contributed by atoms with Crippen LogP contribution in [0.5, 0.6) is 0 Å². The van der Waals surface area contributed by atoms with Crippen LogP contribution in [0.3, 0.4) is 0 Å². The maximum Gasteiger partial charge on any atom is 0.0176 e. The van der Waals surface area contributed by atoms with Gasteiger partial charge in [0, 0.05) is 14.3 Å². The lowest BCUT2D eigenvalue weighted by molar-refractivity contribution is 1.45. The van der Waals surface area contributed by atoms with Crippen molar-refractivity contribution in [1.82, 2.24) is 0 Å². The fraction of sp³-hybridized carbons (Fsp3) is 0. The molecule has 2 rings (SSSR count). The number of hydrogen-bond donors (Lipinski definition) is 0. The average molecular weight is 291 g/mol. The van der Waals surface area contributed by atoms with Gasteiger partial charge in [-0.1, -0.05) is 64.6 Å². The largest absolute Gasteiger partial charge is 0.0901 e. The third-order valence-corrected chi connectivity index (χ3v) is 3.67. The standard InChI is InChI=1S/C14H11BrS/c1-11(12-5-3-2-4-6-12)16-14-9-7-13(15)8-10-14/h2-10H,1H2. The van der Waals surface area contributed by atoms with Crippen LogP contribution in [0.1, 0.15) is 5.56 Å². The minimum Gasteiger partial charge on any atom is -0.0901 e. The van der Waals surface area contributed by atoms with Crippen LogP contribution in [0.4, 0.5) is 0 Å². The quantitative estimate of drug-likeness (QED) is 0.699. The number of rotatable bonds is 3. The monoisotopic (exact) mass is 290 g/mol. The van der Waals surface area contributed by atoms with Gasteiger partial charge in [0.2, 0.25) is 0 Å². The van der Waals surface area contributed by atoms with Crippen LogP contribution < -0.4 is 0 Å². The summed E-state index contributed by atoms with van der Waals surface area (Å²) >= 11 is 5.11. The summed E-state index contributed by atoms with van der Waals surface area (Å²) in [5, 5.41) is 0. The van der Waals surface area contributed by atoms with Crippen LogP contribution in [0.15, 0.2) is 70.5 Å². The van der Waals surface area contributed by atoms with Crippen molar-refractivity contribution in [2.24, 2.45) is 0 Å². The highest BCUT2D eigenvalue weighted by atomic mass is 79.9. The second-order valence-corrected chi connectivity index (χ2v) is 5.43. The second-order valence-electron chi connectivity index (χ2n) is 3.35. The van der Waals surface area contributed by atoms with Crippen molar-refractivity contribution in [2.45, 2.75) is 4.90 Å². The van der Waals surface area contributed by atoms with Crippen molar-refractivity contribution in [1.29, 1.82) is 0 Å². The van der Waals surface area contributed by atoms with Gasteiger partial charge in [-0.05, 0) is 29.8 Å². The van der Waals surface area contributed by atoms with E-state index >= 15 is 0 Å². The van der Waals surface area contributed by atoms with Crippen molar-refractivity contribution in [3.05, 3.63) is 71.2 Å². The molecule has 0 heterocycles. The van der Waals surface area contributed by atoms with Gasteiger partial charge < -0.3 is 0 Å². The topological polar surface area (TPSA) is 0 Å². The predicted octanol–water partition coefficient (Wildman–Crippen LogP) is 5.21. The molecule has 0 N–H and O–H groups in total. The van der Waals surface area contributed by atoms with Crippen molar-refractivity contribution in [3.63, 3.8) is 0 Å². The zero-order valence-corrected chi connectivity index (χ0v) is 11.1. The van der Waals surface area contributed by atoms with E-state index in [9.17, 15) is 0 Å². The van der Waals surface area contributed by atoms with Crippen LogP contribution >= 0.6 is 27.7 Å². The van der Waals surface area contributed by atoms with E-state index in [4.69, 9.17) is 0 Å². The zero-order valence-electron chi connectivity index (χ0n) is 8.69. The van der Waals surface area contributed by atoms with E-state index < -0.39 is 0 Å². The summed E-state index contributed by atoms with van der Waals surface area (Å²) in [5.41, 5.74) is 1.18. The van der Waals surface area contributed by atoms with Crippen LogP contribution in [0, 0.1) is 0 Å². The van der Waals surface area contributed by atoms with Crippen LogP contribution in [-0.4, -0.2) is 0 Å². The van der Waals surface area contributed by atoms with E-state index in [1.54, 1.807) is 11.8 Å². The van der Waals surface area contributed by atoms with E-state index in [1.807, 2.05) is 30.3 Å². The smallest absolute Gasteiger partial charge is 0.0176 e. The number of benzene rings is 2. The summed E-state index contributed by atoms with van der Waals surface area (Å²) in [6.07, 6.45) is 0. The van der Waals surface area contributed by atoms with Crippen LogP contribution in [0.2, 0.25) is 0 Å². The molecule has 0 atom stereocenters. The molecule has 0 aliphatic carbocycles. The molecule has 0 saturated heterocycles. The Morgan fingerprint density at radius 3 is 2.19 bits per heavy atom. The molecule has 0 saturated carbocycles. The minimum absolute atomic E-state index is 1.07. The Bertz CT molecular complexity index is 474. The number of halogens is 1. The number of hydrogen-bond acceptors (Lipinski definition) is 1. The first-order valence-corrected chi connectivity index (χ1v) is 6.54. The summed E-state index contributed by atoms with van der Waals surface area (Å²) in [6.45, 7) is 4.09. The highest BCUT2D eigenvalue weighted by Gasteiger charge is 2.00. The van der Waals surface area contributed by atoms with Gasteiger partial charge in [0.15, 0.2) is 0 Å². The van der Waals surface area contributed by atoms with Gasteiger partial charge in [-0.25, -0.2) is 0 Å². The molecule has 0 bridgehead atoms. The molecule has 2 aromatic carbocycles. The fourth-order valence-electron chi connectivity index (χ4n) is 1.33. The Morgan fingerprint density at radius 2 is 1.56 bits per heavy atom. The molecule has 16 heavy (non-hydrogen) atoms. The van der Waals surface area contributed by atoms with Gasteiger partial charge in [-0.3, -0.25) is 0 Å². The summed E-state index contributed by atoms with van der Waals surface area (Å²) in [7, 11) is 0. The Labute approximate surface area is 109 Å². The summed E-state index contributed by atoms with van der Waals surface area (Å²) < 4.78 is 1.10. The lowest BCUT2D eigenvalue weighted by Crippen LogP contribution is -1.77. The second kappa shape index (κ2) is 5.37. The normalized spacial score (nSPS) is 10.1. The molecule has 0 aliphatic heterocycles. The summed E-state index contributed by atoms with van der Waals surface area (Å²) in [6, 6.07) is 18.5. The molecular weight excluding hydrogens is 280 g/mol. The summed E-state index contributed by atoms with van der Waals surface area (Å²) in [5.74, 6) is 0. The molecule has 0 aliphatic rings. The van der Waals surface area contributed by atoms with Gasteiger partial charge >= 0.3 is 0 Å². The summed E-state index contributed by atoms with van der Waals surface area (Å²) in [4.78, 5) is 2.28. The van der Waals surface area contributed by atoms with Crippen molar-refractivity contribution in [2.75, 3.05) is 0 Å². The average Bonchev–Trinajstić information content (AvgIpc) is 2.33. The van der Waals surface area contributed by atoms with E-state index in [-0.39, 0.29) is 0 Å². The lowest BCUT2D eigenvalue weighted by atomic mass is 10.2. The Kier molecular flexibility index (Phi) is 3.86. The van der Waals surface area contributed by atoms with Crippen LogP contribution in [0.25, 0.3) is 4.91 Å². The molecule has 0 nitrogen and oxygen atoms in total. The molecule has 0 unspecified atom stereocenters. The van der Waals surface area contributed by atoms with Crippen molar-refractivity contribution >= 4 is 32.6 Å². The lowest BCUT2D eigenvalue weighted by Gasteiger charge is -2.05. The maximum atomic E-state index is 4.09. The Hall–Kier alpha value is -0.990. The molecule has 0 spiro atoms. The van der Waals surface area contributed by atoms with Gasteiger partial charge in [0.1, 0.15) is 0 Å². The first kappa shape index (κ1) is 11.5. The first-order chi connectivity index (χ1) is 7.75. The van der Waals surface area contributed by atoms with Crippen molar-refractivity contribution < 1.29 is 0 Å². The highest BCUT2D eigenvalue weighted by molar-refractivity contribution is 9.10. The predicted molar refractivity (Wildman–Crippen MR) is 75.5 cm³/mol. The molecule has 0 fully saturated rings. The van der Waals surface area contributed by atoms with Gasteiger partial charge in [-0.15, -0.1) is 0 Å².